The van der Waals surface area contributed by atoms with Gasteiger partial charge in [-0.05, 0) is 29.5 Å². The lowest BCUT2D eigenvalue weighted by Crippen LogP contribution is -2.37. The summed E-state index contributed by atoms with van der Waals surface area (Å²) < 4.78 is 5.48. The van der Waals surface area contributed by atoms with Crippen LogP contribution in [0.3, 0.4) is 0 Å². The molecule has 0 saturated heterocycles. The van der Waals surface area contributed by atoms with Crippen molar-refractivity contribution in [2.75, 3.05) is 20.2 Å². The molecule has 0 fully saturated rings. The maximum Gasteiger partial charge on any atom is 0.234 e. The topological polar surface area (TPSA) is 41.6 Å². The second-order valence-electron chi connectivity index (χ2n) is 6.62. The number of nitrogens with one attached hydrogen (secondary N) is 1. The van der Waals surface area contributed by atoms with Crippen LogP contribution in [0.5, 0.6) is 5.75 Å². The van der Waals surface area contributed by atoms with Crippen LogP contribution in [0.15, 0.2) is 72.1 Å². The highest BCUT2D eigenvalue weighted by Gasteiger charge is 2.14. The lowest BCUT2D eigenvalue weighted by molar-refractivity contribution is -0.122. The van der Waals surface area contributed by atoms with Gasteiger partial charge in [-0.2, -0.15) is 0 Å². The highest BCUT2D eigenvalue weighted by atomic mass is 32.1. The molecule has 1 amide bonds. The van der Waals surface area contributed by atoms with Gasteiger partial charge in [-0.3, -0.25) is 9.69 Å². The van der Waals surface area contributed by atoms with Crippen molar-refractivity contribution in [3.05, 3.63) is 88.1 Å². The average Bonchev–Trinajstić information content (AvgIpc) is 3.22. The number of hydrogen-bond acceptors (Lipinski definition) is 4. The first-order chi connectivity index (χ1) is 13.7. The molecule has 5 heteroatoms. The molecule has 1 aromatic heterocycles. The number of ether oxygens (including phenoxy) is 1. The van der Waals surface area contributed by atoms with E-state index in [1.54, 1.807) is 18.4 Å². The van der Waals surface area contributed by atoms with Crippen LogP contribution >= 0.6 is 11.3 Å². The van der Waals surface area contributed by atoms with Crippen molar-refractivity contribution in [3.63, 3.8) is 0 Å². The van der Waals surface area contributed by atoms with E-state index < -0.39 is 0 Å². The zero-order chi connectivity index (χ0) is 19.6. The van der Waals surface area contributed by atoms with Gasteiger partial charge in [0.25, 0.3) is 0 Å². The zero-order valence-corrected chi connectivity index (χ0v) is 17.0. The molecule has 4 nitrogen and oxygen atoms in total. The molecule has 0 aliphatic rings. The van der Waals surface area contributed by atoms with Crippen molar-refractivity contribution in [3.8, 4) is 5.75 Å². The van der Waals surface area contributed by atoms with E-state index in [2.05, 4.69) is 33.8 Å². The quantitative estimate of drug-likeness (QED) is 0.562. The van der Waals surface area contributed by atoms with Crippen LogP contribution in [-0.4, -0.2) is 31.0 Å². The van der Waals surface area contributed by atoms with Crippen molar-refractivity contribution in [1.82, 2.24) is 10.2 Å². The minimum Gasteiger partial charge on any atom is -0.496 e. The highest BCUT2D eigenvalue weighted by Crippen LogP contribution is 2.21. The lowest BCUT2D eigenvalue weighted by Gasteiger charge is -2.22. The molecule has 0 aliphatic heterocycles. The molecular weight excluding hydrogens is 368 g/mol. The molecule has 1 heterocycles. The Hall–Kier alpha value is -2.63. The summed E-state index contributed by atoms with van der Waals surface area (Å²) in [5.41, 5.74) is 2.31. The minimum atomic E-state index is 0.0439. The molecule has 3 rings (SSSR count). The number of thiophene rings is 1. The number of hydrogen-bond donors (Lipinski definition) is 1. The van der Waals surface area contributed by atoms with E-state index in [1.807, 2.05) is 48.5 Å². The molecule has 0 spiro atoms. The van der Waals surface area contributed by atoms with E-state index in [1.165, 1.54) is 10.4 Å². The maximum atomic E-state index is 12.5. The predicted molar refractivity (Wildman–Crippen MR) is 115 cm³/mol. The van der Waals surface area contributed by atoms with Crippen LogP contribution in [-0.2, 0) is 24.3 Å². The second kappa shape index (κ2) is 10.6. The van der Waals surface area contributed by atoms with Gasteiger partial charge in [-0.1, -0.05) is 54.6 Å². The van der Waals surface area contributed by atoms with E-state index in [9.17, 15) is 4.79 Å². The van der Waals surface area contributed by atoms with E-state index in [4.69, 9.17) is 4.74 Å². The van der Waals surface area contributed by atoms with Crippen LogP contribution in [0.25, 0.3) is 0 Å². The van der Waals surface area contributed by atoms with Crippen LogP contribution < -0.4 is 10.1 Å². The van der Waals surface area contributed by atoms with Crippen molar-refractivity contribution >= 4 is 17.2 Å². The van der Waals surface area contributed by atoms with Crippen molar-refractivity contribution in [1.29, 1.82) is 0 Å². The van der Waals surface area contributed by atoms with Crippen LogP contribution in [0.2, 0.25) is 0 Å². The summed E-state index contributed by atoms with van der Waals surface area (Å²) in [6.45, 7) is 2.39. The predicted octanol–water partition coefficient (Wildman–Crippen LogP) is 4.12. The van der Waals surface area contributed by atoms with Crippen molar-refractivity contribution in [2.24, 2.45) is 0 Å². The van der Waals surface area contributed by atoms with Gasteiger partial charge in [0.15, 0.2) is 0 Å². The molecule has 28 heavy (non-hydrogen) atoms. The molecule has 2 aromatic carbocycles. The Morgan fingerprint density at radius 3 is 2.54 bits per heavy atom. The normalized spacial score (nSPS) is 10.8. The Bertz CT molecular complexity index is 850. The standard InChI is InChI=1S/C23H26N2O2S/c1-27-22-12-6-5-10-20(22)16-25(17-21-11-7-15-28-21)18-23(26)24-14-13-19-8-3-2-4-9-19/h2-12,15H,13-14,16-18H2,1H3,(H,24,26). The number of rotatable bonds is 10. The summed E-state index contributed by atoms with van der Waals surface area (Å²) in [6, 6.07) is 22.3. The molecular formula is C23H26N2O2S. The van der Waals surface area contributed by atoms with Crippen LogP contribution in [0.1, 0.15) is 16.0 Å². The first kappa shape index (κ1) is 20.1. The van der Waals surface area contributed by atoms with E-state index in [-0.39, 0.29) is 5.91 Å². The van der Waals surface area contributed by atoms with Gasteiger partial charge in [-0.15, -0.1) is 11.3 Å². The molecule has 146 valence electrons. The molecule has 0 atom stereocenters. The van der Waals surface area contributed by atoms with E-state index >= 15 is 0 Å². The van der Waals surface area contributed by atoms with Crippen molar-refractivity contribution < 1.29 is 9.53 Å². The fourth-order valence-corrected chi connectivity index (χ4v) is 3.86. The first-order valence-corrected chi connectivity index (χ1v) is 10.3. The monoisotopic (exact) mass is 394 g/mol. The van der Waals surface area contributed by atoms with Gasteiger partial charge >= 0.3 is 0 Å². The lowest BCUT2D eigenvalue weighted by atomic mass is 10.1. The number of carbonyl (C=O) groups is 1. The number of benzene rings is 2. The summed E-state index contributed by atoms with van der Waals surface area (Å²) in [4.78, 5) is 15.9. The van der Waals surface area contributed by atoms with Gasteiger partial charge in [0.05, 0.1) is 13.7 Å². The fraction of sp³-hybridized carbons (Fsp3) is 0.261. The molecule has 0 aliphatic carbocycles. The minimum absolute atomic E-state index is 0.0439. The smallest absolute Gasteiger partial charge is 0.234 e. The van der Waals surface area contributed by atoms with Crippen molar-refractivity contribution in [2.45, 2.75) is 19.5 Å². The van der Waals surface area contributed by atoms with Gasteiger partial charge in [0.2, 0.25) is 5.91 Å². The largest absolute Gasteiger partial charge is 0.496 e. The average molecular weight is 395 g/mol. The Balaban J connectivity index is 1.59. The van der Waals surface area contributed by atoms with Gasteiger partial charge in [-0.25, -0.2) is 0 Å². The summed E-state index contributed by atoms with van der Waals surface area (Å²) in [7, 11) is 1.68. The summed E-state index contributed by atoms with van der Waals surface area (Å²) >= 11 is 1.71. The third-order valence-corrected chi connectivity index (χ3v) is 5.35. The number of carbonyl (C=O) groups excluding carboxylic acids is 1. The van der Waals surface area contributed by atoms with Gasteiger partial charge < -0.3 is 10.1 Å². The highest BCUT2D eigenvalue weighted by molar-refractivity contribution is 7.09. The number of amides is 1. The first-order valence-electron chi connectivity index (χ1n) is 9.42. The number of para-hydroxylation sites is 1. The second-order valence-corrected chi connectivity index (χ2v) is 7.65. The molecule has 0 radical (unpaired) electrons. The summed E-state index contributed by atoms with van der Waals surface area (Å²) in [5, 5.41) is 5.11. The van der Waals surface area contributed by atoms with E-state index in [0.29, 0.717) is 19.6 Å². The Morgan fingerprint density at radius 2 is 1.79 bits per heavy atom. The summed E-state index contributed by atoms with van der Waals surface area (Å²) in [5.74, 6) is 0.894. The number of methoxy groups -OCH3 is 1. The molecule has 3 aromatic rings. The maximum absolute atomic E-state index is 12.5. The fourth-order valence-electron chi connectivity index (χ4n) is 3.12. The van der Waals surface area contributed by atoms with Crippen LogP contribution in [0, 0.1) is 0 Å². The third kappa shape index (κ3) is 6.22. The third-order valence-electron chi connectivity index (χ3n) is 4.49. The van der Waals surface area contributed by atoms with E-state index in [0.717, 1.165) is 24.3 Å². The molecule has 0 saturated carbocycles. The molecule has 0 bridgehead atoms. The Labute approximate surface area is 170 Å². The Morgan fingerprint density at radius 1 is 1.00 bits per heavy atom. The summed E-state index contributed by atoms with van der Waals surface area (Å²) in [6.07, 6.45) is 0.837. The zero-order valence-electron chi connectivity index (χ0n) is 16.1. The molecule has 1 N–H and O–H groups in total. The number of nitrogens with zero attached hydrogens (tertiary/aromatic N) is 1. The van der Waals surface area contributed by atoms with Gasteiger partial charge in [0, 0.05) is 30.1 Å². The molecule has 0 unspecified atom stereocenters. The van der Waals surface area contributed by atoms with Gasteiger partial charge in [0.1, 0.15) is 5.75 Å². The van der Waals surface area contributed by atoms with Crippen LogP contribution in [0.4, 0.5) is 0 Å². The Kier molecular flexibility index (Phi) is 7.64. The SMILES string of the molecule is COc1ccccc1CN(CC(=O)NCCc1ccccc1)Cc1cccs1.